The van der Waals surface area contributed by atoms with Gasteiger partial charge in [0.1, 0.15) is 6.04 Å². The van der Waals surface area contributed by atoms with Crippen LogP contribution in [0, 0.1) is 6.92 Å². The molecular formula is C28H25N3O3S. The first-order valence-electron chi connectivity index (χ1n) is 11.3. The van der Waals surface area contributed by atoms with Crippen LogP contribution in [0.2, 0.25) is 0 Å². The molecule has 0 unspecified atom stereocenters. The zero-order valence-corrected chi connectivity index (χ0v) is 20.0. The van der Waals surface area contributed by atoms with Crippen LogP contribution < -0.4 is 10.0 Å². The molecule has 1 heterocycles. The Bertz CT molecular complexity index is 1640. The van der Waals surface area contributed by atoms with Gasteiger partial charge in [0, 0.05) is 22.8 Å². The van der Waals surface area contributed by atoms with Gasteiger partial charge in [-0.3, -0.25) is 4.79 Å². The SMILES string of the molecule is Cc1cccc(S(=O)(=O)N[C@@H](Cc2c[nH]c3ccccc23)C(=O)Nc2ccc3ccccc3c2)c1. The molecule has 0 aliphatic carbocycles. The third-order valence-corrected chi connectivity index (χ3v) is 7.50. The zero-order chi connectivity index (χ0) is 24.4. The number of nitrogens with one attached hydrogen (secondary N) is 3. The van der Waals surface area contributed by atoms with Crippen molar-refractivity contribution in [1.82, 2.24) is 9.71 Å². The van der Waals surface area contributed by atoms with Crippen LogP contribution in [-0.2, 0) is 21.2 Å². The fourth-order valence-corrected chi connectivity index (χ4v) is 5.54. The molecule has 0 aliphatic heterocycles. The highest BCUT2D eigenvalue weighted by Crippen LogP contribution is 2.22. The van der Waals surface area contributed by atoms with Gasteiger partial charge in [0.25, 0.3) is 0 Å². The molecule has 0 saturated carbocycles. The standard InChI is InChI=1S/C28H25N3O3S/c1-19-7-6-10-24(15-19)35(33,34)31-27(17-22-18-29-26-12-5-4-11-25(22)26)28(32)30-23-14-13-20-8-2-3-9-21(20)16-23/h2-16,18,27,29,31H,17H2,1H3,(H,30,32)/t27-/m0/s1. The van der Waals surface area contributed by atoms with E-state index in [-0.39, 0.29) is 11.3 Å². The van der Waals surface area contributed by atoms with Crippen molar-refractivity contribution >= 4 is 43.3 Å². The molecule has 1 atom stereocenters. The van der Waals surface area contributed by atoms with Gasteiger partial charge < -0.3 is 10.3 Å². The Hall–Kier alpha value is -3.94. The maximum Gasteiger partial charge on any atom is 0.242 e. The lowest BCUT2D eigenvalue weighted by Crippen LogP contribution is -2.45. The molecular weight excluding hydrogens is 458 g/mol. The van der Waals surface area contributed by atoms with Crippen molar-refractivity contribution in [3.8, 4) is 0 Å². The molecule has 4 aromatic carbocycles. The number of sulfonamides is 1. The molecule has 35 heavy (non-hydrogen) atoms. The Balaban J connectivity index is 1.47. The van der Waals surface area contributed by atoms with Gasteiger partial charge in [-0.25, -0.2) is 8.42 Å². The molecule has 0 radical (unpaired) electrons. The van der Waals surface area contributed by atoms with Gasteiger partial charge >= 0.3 is 0 Å². The second-order valence-electron chi connectivity index (χ2n) is 8.61. The Morgan fingerprint density at radius 2 is 1.66 bits per heavy atom. The van der Waals surface area contributed by atoms with Gasteiger partial charge in [0.05, 0.1) is 4.90 Å². The minimum atomic E-state index is -3.93. The Labute approximate surface area is 204 Å². The zero-order valence-electron chi connectivity index (χ0n) is 19.2. The molecule has 0 fully saturated rings. The van der Waals surface area contributed by atoms with Gasteiger partial charge in [0.2, 0.25) is 15.9 Å². The largest absolute Gasteiger partial charge is 0.361 e. The number of amides is 1. The van der Waals surface area contributed by atoms with Crippen molar-refractivity contribution in [2.24, 2.45) is 0 Å². The predicted octanol–water partition coefficient (Wildman–Crippen LogP) is 5.16. The van der Waals surface area contributed by atoms with Crippen molar-refractivity contribution in [2.45, 2.75) is 24.3 Å². The summed E-state index contributed by atoms with van der Waals surface area (Å²) >= 11 is 0. The molecule has 1 aromatic heterocycles. The van der Waals surface area contributed by atoms with E-state index in [4.69, 9.17) is 0 Å². The van der Waals surface area contributed by atoms with E-state index in [0.717, 1.165) is 32.8 Å². The molecule has 7 heteroatoms. The van der Waals surface area contributed by atoms with Gasteiger partial charge in [-0.15, -0.1) is 0 Å². The third-order valence-electron chi connectivity index (χ3n) is 6.03. The van der Waals surface area contributed by atoms with E-state index in [2.05, 4.69) is 15.0 Å². The summed E-state index contributed by atoms with van der Waals surface area (Å²) in [6.45, 7) is 1.83. The highest BCUT2D eigenvalue weighted by Gasteiger charge is 2.27. The van der Waals surface area contributed by atoms with Crippen molar-refractivity contribution in [1.29, 1.82) is 0 Å². The molecule has 5 aromatic rings. The smallest absolute Gasteiger partial charge is 0.242 e. The summed E-state index contributed by atoms with van der Waals surface area (Å²) in [5.41, 5.74) is 3.21. The minimum absolute atomic E-state index is 0.125. The van der Waals surface area contributed by atoms with Crippen LogP contribution in [0.3, 0.4) is 0 Å². The molecule has 3 N–H and O–H groups in total. The fraction of sp³-hybridized carbons (Fsp3) is 0.107. The second-order valence-corrected chi connectivity index (χ2v) is 10.3. The first-order chi connectivity index (χ1) is 16.9. The Kier molecular flexibility index (Phi) is 6.11. The normalized spacial score (nSPS) is 12.6. The molecule has 5 rings (SSSR count). The molecule has 176 valence electrons. The summed E-state index contributed by atoms with van der Waals surface area (Å²) < 4.78 is 29.1. The molecule has 6 nitrogen and oxygen atoms in total. The third kappa shape index (κ3) is 4.96. The number of rotatable bonds is 7. The second kappa shape index (κ2) is 9.37. The van der Waals surface area contributed by atoms with Crippen molar-refractivity contribution in [2.75, 3.05) is 5.32 Å². The highest BCUT2D eigenvalue weighted by molar-refractivity contribution is 7.89. The number of aromatic amines is 1. The molecule has 0 saturated heterocycles. The molecule has 0 aliphatic rings. The van der Waals surface area contributed by atoms with Crippen molar-refractivity contribution in [3.05, 3.63) is 108 Å². The van der Waals surface area contributed by atoms with Crippen LogP contribution in [0.4, 0.5) is 5.69 Å². The average Bonchev–Trinajstić information content (AvgIpc) is 3.26. The van der Waals surface area contributed by atoms with Gasteiger partial charge in [-0.1, -0.05) is 60.7 Å². The number of aryl methyl sites for hydroxylation is 1. The monoisotopic (exact) mass is 483 g/mol. The number of H-pyrrole nitrogens is 1. The number of aromatic nitrogens is 1. The van der Waals surface area contributed by atoms with Gasteiger partial charge in [-0.2, -0.15) is 4.72 Å². The fourth-order valence-electron chi connectivity index (χ4n) is 4.24. The van der Waals surface area contributed by atoms with E-state index in [1.165, 1.54) is 6.07 Å². The van der Waals surface area contributed by atoms with Gasteiger partial charge in [0.15, 0.2) is 0 Å². The summed E-state index contributed by atoms with van der Waals surface area (Å²) in [5, 5.41) is 5.90. The maximum atomic E-state index is 13.4. The van der Waals surface area contributed by atoms with E-state index in [1.54, 1.807) is 12.1 Å². The number of fused-ring (bicyclic) bond motifs is 2. The van der Waals surface area contributed by atoms with E-state index in [9.17, 15) is 13.2 Å². The van der Waals surface area contributed by atoms with Crippen molar-refractivity contribution in [3.63, 3.8) is 0 Å². The number of hydrogen-bond donors (Lipinski definition) is 3. The van der Waals surface area contributed by atoms with Crippen LogP contribution in [0.25, 0.3) is 21.7 Å². The van der Waals surface area contributed by atoms with Crippen molar-refractivity contribution < 1.29 is 13.2 Å². The van der Waals surface area contributed by atoms with Crippen LogP contribution in [0.5, 0.6) is 0 Å². The Morgan fingerprint density at radius 1 is 0.886 bits per heavy atom. The lowest BCUT2D eigenvalue weighted by Gasteiger charge is -2.19. The number of anilines is 1. The summed E-state index contributed by atoms with van der Waals surface area (Å²) in [4.78, 5) is 16.8. The molecule has 1 amide bonds. The van der Waals surface area contributed by atoms with Crippen LogP contribution in [0.1, 0.15) is 11.1 Å². The van der Waals surface area contributed by atoms with E-state index >= 15 is 0 Å². The topological polar surface area (TPSA) is 91.1 Å². The first-order valence-corrected chi connectivity index (χ1v) is 12.8. The number of carbonyl (C=O) groups is 1. The van der Waals surface area contributed by atoms with Gasteiger partial charge in [-0.05, 0) is 65.6 Å². The molecule has 0 spiro atoms. The summed E-state index contributed by atoms with van der Waals surface area (Å²) in [7, 11) is -3.93. The quantitative estimate of drug-likeness (QED) is 0.299. The first kappa shape index (κ1) is 22.8. The lowest BCUT2D eigenvalue weighted by molar-refractivity contribution is -0.117. The highest BCUT2D eigenvalue weighted by atomic mass is 32.2. The molecule has 0 bridgehead atoms. The van der Waals surface area contributed by atoms with E-state index < -0.39 is 22.0 Å². The average molecular weight is 484 g/mol. The summed E-state index contributed by atoms with van der Waals surface area (Å²) in [6, 6.07) is 26.8. The number of benzene rings is 4. The Morgan fingerprint density at radius 3 is 2.49 bits per heavy atom. The number of hydrogen-bond acceptors (Lipinski definition) is 3. The van der Waals surface area contributed by atoms with Crippen LogP contribution >= 0.6 is 0 Å². The predicted molar refractivity (Wildman–Crippen MR) is 140 cm³/mol. The number of carbonyl (C=O) groups excluding carboxylic acids is 1. The van der Waals surface area contributed by atoms with Crippen LogP contribution in [0.15, 0.2) is 102 Å². The minimum Gasteiger partial charge on any atom is -0.361 e. The van der Waals surface area contributed by atoms with E-state index in [0.29, 0.717) is 5.69 Å². The summed E-state index contributed by atoms with van der Waals surface area (Å²) in [6.07, 6.45) is 2.01. The lowest BCUT2D eigenvalue weighted by atomic mass is 10.0. The van der Waals surface area contributed by atoms with E-state index in [1.807, 2.05) is 85.9 Å². The maximum absolute atomic E-state index is 13.4. The number of para-hydroxylation sites is 1. The van der Waals surface area contributed by atoms with Crippen LogP contribution in [-0.4, -0.2) is 25.4 Å². The summed E-state index contributed by atoms with van der Waals surface area (Å²) in [5.74, 6) is -0.429.